The summed E-state index contributed by atoms with van der Waals surface area (Å²) in [6, 6.07) is 0.308. The van der Waals surface area contributed by atoms with E-state index in [-0.39, 0.29) is 16.8 Å². The molecule has 0 spiro atoms. The van der Waals surface area contributed by atoms with Crippen LogP contribution in [0.1, 0.15) is 90.4 Å². The van der Waals surface area contributed by atoms with Gasteiger partial charge in [-0.3, -0.25) is 9.59 Å². The molecule has 0 radical (unpaired) electrons. The van der Waals surface area contributed by atoms with Crippen molar-refractivity contribution in [2.45, 2.75) is 96.4 Å². The van der Waals surface area contributed by atoms with Crippen molar-refractivity contribution in [3.05, 3.63) is 0 Å². The number of carbonyl (C=O) groups excluding carboxylic acids is 2. The fraction of sp³-hybridized carbons (Fsp3) is 0.889. The van der Waals surface area contributed by atoms with Gasteiger partial charge in [0.05, 0.1) is 5.75 Å². The monoisotopic (exact) mass is 327 g/mol. The van der Waals surface area contributed by atoms with Gasteiger partial charge in [-0.15, -0.1) is 0 Å². The molecule has 128 valence electrons. The Morgan fingerprint density at radius 3 is 1.64 bits per heavy atom. The highest BCUT2D eigenvalue weighted by molar-refractivity contribution is 8.14. The lowest BCUT2D eigenvalue weighted by atomic mass is 9.98. The van der Waals surface area contributed by atoms with Gasteiger partial charge in [0, 0.05) is 13.0 Å². The largest absolute Gasteiger partial charge is 0.353 e. The van der Waals surface area contributed by atoms with Crippen molar-refractivity contribution in [1.82, 2.24) is 5.32 Å². The SMILES string of the molecule is CC(=O)SCC(=O)NC1CCCCCCCCCCCCC1. The average Bonchev–Trinajstić information content (AvgIpc) is 2.49. The van der Waals surface area contributed by atoms with Crippen LogP contribution in [-0.4, -0.2) is 22.8 Å². The van der Waals surface area contributed by atoms with Crippen molar-refractivity contribution < 1.29 is 9.59 Å². The van der Waals surface area contributed by atoms with Crippen LogP contribution in [-0.2, 0) is 9.59 Å². The summed E-state index contributed by atoms with van der Waals surface area (Å²) in [5, 5.41) is 3.16. The maximum atomic E-state index is 11.9. The summed E-state index contributed by atoms with van der Waals surface area (Å²) in [5.41, 5.74) is 0. The molecule has 0 aliphatic heterocycles. The molecule has 0 aromatic carbocycles. The van der Waals surface area contributed by atoms with E-state index < -0.39 is 0 Å². The van der Waals surface area contributed by atoms with Gasteiger partial charge in [0.15, 0.2) is 5.12 Å². The Labute approximate surface area is 140 Å². The molecule has 0 atom stereocenters. The minimum atomic E-state index is 0.0150. The predicted octanol–water partition coefficient (Wildman–Crippen LogP) is 4.84. The van der Waals surface area contributed by atoms with Crippen LogP contribution < -0.4 is 5.32 Å². The second-order valence-corrected chi connectivity index (χ2v) is 7.66. The quantitative estimate of drug-likeness (QED) is 0.807. The zero-order chi connectivity index (χ0) is 16.0. The van der Waals surface area contributed by atoms with Gasteiger partial charge in [-0.25, -0.2) is 0 Å². The van der Waals surface area contributed by atoms with Gasteiger partial charge < -0.3 is 5.32 Å². The predicted molar refractivity (Wildman–Crippen MR) is 95.1 cm³/mol. The third-order valence-corrected chi connectivity index (χ3v) is 5.19. The van der Waals surface area contributed by atoms with Gasteiger partial charge >= 0.3 is 0 Å². The molecule has 1 saturated carbocycles. The number of hydrogen-bond acceptors (Lipinski definition) is 3. The molecule has 1 rings (SSSR count). The van der Waals surface area contributed by atoms with Crippen molar-refractivity contribution in [2.24, 2.45) is 0 Å². The normalized spacial score (nSPS) is 20.0. The van der Waals surface area contributed by atoms with Gasteiger partial charge in [0.25, 0.3) is 0 Å². The number of amides is 1. The Hall–Kier alpha value is -0.510. The summed E-state index contributed by atoms with van der Waals surface area (Å²) < 4.78 is 0. The van der Waals surface area contributed by atoms with Gasteiger partial charge in [-0.2, -0.15) is 0 Å². The maximum Gasteiger partial charge on any atom is 0.230 e. The third kappa shape index (κ3) is 11.1. The van der Waals surface area contributed by atoms with E-state index in [0.29, 0.717) is 6.04 Å². The molecule has 3 nitrogen and oxygen atoms in total. The van der Waals surface area contributed by atoms with Crippen LogP contribution in [0.4, 0.5) is 0 Å². The number of hydrogen-bond donors (Lipinski definition) is 1. The van der Waals surface area contributed by atoms with Crippen LogP contribution in [0.2, 0.25) is 0 Å². The minimum absolute atomic E-state index is 0.0150. The van der Waals surface area contributed by atoms with E-state index in [1.807, 2.05) is 0 Å². The Morgan fingerprint density at radius 2 is 1.23 bits per heavy atom. The zero-order valence-corrected chi connectivity index (χ0v) is 15.0. The number of thioether (sulfide) groups is 1. The summed E-state index contributed by atoms with van der Waals surface area (Å²) in [7, 11) is 0. The van der Waals surface area contributed by atoms with Crippen LogP contribution in [0.25, 0.3) is 0 Å². The molecule has 1 aliphatic rings. The van der Waals surface area contributed by atoms with E-state index >= 15 is 0 Å². The van der Waals surface area contributed by atoms with Crippen LogP contribution in [0.15, 0.2) is 0 Å². The molecular formula is C18H33NO2S. The first kappa shape index (κ1) is 19.5. The molecule has 1 fully saturated rings. The first-order chi connectivity index (χ1) is 10.7. The molecule has 4 heteroatoms. The van der Waals surface area contributed by atoms with E-state index in [2.05, 4.69) is 5.32 Å². The summed E-state index contributed by atoms with van der Waals surface area (Å²) >= 11 is 1.10. The lowest BCUT2D eigenvalue weighted by molar-refractivity contribution is -0.119. The van der Waals surface area contributed by atoms with Gasteiger partial charge in [-0.1, -0.05) is 82.4 Å². The highest BCUT2D eigenvalue weighted by Gasteiger charge is 2.13. The highest BCUT2D eigenvalue weighted by Crippen LogP contribution is 2.17. The summed E-state index contributed by atoms with van der Waals surface area (Å²) in [6.07, 6.45) is 16.8. The average molecular weight is 328 g/mol. The number of rotatable bonds is 3. The molecule has 0 aromatic heterocycles. The van der Waals surface area contributed by atoms with Crippen molar-refractivity contribution in [3.63, 3.8) is 0 Å². The summed E-state index contributed by atoms with van der Waals surface area (Å²) in [4.78, 5) is 22.8. The molecule has 1 aliphatic carbocycles. The van der Waals surface area contributed by atoms with Crippen LogP contribution in [0.5, 0.6) is 0 Å². The van der Waals surface area contributed by atoms with E-state index in [0.717, 1.165) is 24.6 Å². The van der Waals surface area contributed by atoms with E-state index in [4.69, 9.17) is 0 Å². The number of carbonyl (C=O) groups is 2. The van der Waals surface area contributed by atoms with Crippen LogP contribution in [0.3, 0.4) is 0 Å². The van der Waals surface area contributed by atoms with Crippen molar-refractivity contribution in [1.29, 1.82) is 0 Å². The van der Waals surface area contributed by atoms with E-state index in [1.54, 1.807) is 0 Å². The zero-order valence-electron chi connectivity index (χ0n) is 14.2. The summed E-state index contributed by atoms with van der Waals surface area (Å²) in [6.45, 7) is 1.51. The van der Waals surface area contributed by atoms with Crippen molar-refractivity contribution in [2.75, 3.05) is 5.75 Å². The molecule has 1 amide bonds. The highest BCUT2D eigenvalue weighted by atomic mass is 32.2. The Kier molecular flexibility index (Phi) is 11.5. The first-order valence-electron chi connectivity index (χ1n) is 9.11. The Morgan fingerprint density at radius 1 is 0.818 bits per heavy atom. The molecule has 0 unspecified atom stereocenters. The lowest BCUT2D eigenvalue weighted by Crippen LogP contribution is -2.36. The van der Waals surface area contributed by atoms with E-state index in [1.165, 1.54) is 77.6 Å². The van der Waals surface area contributed by atoms with Crippen molar-refractivity contribution >= 4 is 22.8 Å². The second-order valence-electron chi connectivity index (χ2n) is 6.51. The smallest absolute Gasteiger partial charge is 0.230 e. The topological polar surface area (TPSA) is 46.2 Å². The molecule has 0 bridgehead atoms. The molecule has 0 saturated heterocycles. The number of nitrogens with one attached hydrogen (secondary N) is 1. The maximum absolute atomic E-state index is 11.9. The fourth-order valence-electron chi connectivity index (χ4n) is 3.10. The Balaban J connectivity index is 2.32. The third-order valence-electron chi connectivity index (χ3n) is 4.38. The van der Waals surface area contributed by atoms with Gasteiger partial charge in [-0.05, 0) is 12.8 Å². The molecule has 22 heavy (non-hydrogen) atoms. The fourth-order valence-corrected chi connectivity index (χ4v) is 3.52. The molecule has 0 aromatic rings. The van der Waals surface area contributed by atoms with Crippen LogP contribution >= 0.6 is 11.8 Å². The lowest BCUT2D eigenvalue weighted by Gasteiger charge is -2.19. The molecular weight excluding hydrogens is 294 g/mol. The van der Waals surface area contributed by atoms with Gasteiger partial charge in [0.2, 0.25) is 5.91 Å². The van der Waals surface area contributed by atoms with E-state index in [9.17, 15) is 9.59 Å². The second kappa shape index (κ2) is 13.0. The van der Waals surface area contributed by atoms with Crippen molar-refractivity contribution in [3.8, 4) is 0 Å². The minimum Gasteiger partial charge on any atom is -0.353 e. The molecule has 1 N–H and O–H groups in total. The molecule has 0 heterocycles. The standard InChI is InChI=1S/C18H33NO2S/c1-16(20)22-15-18(21)19-17-13-11-9-7-5-3-2-4-6-8-10-12-14-17/h17H,2-15H2,1H3,(H,19,21). The first-order valence-corrected chi connectivity index (χ1v) is 10.1. The van der Waals surface area contributed by atoms with Crippen LogP contribution in [0, 0.1) is 0 Å². The Bertz CT molecular complexity index is 306. The van der Waals surface area contributed by atoms with Gasteiger partial charge in [0.1, 0.15) is 0 Å². The summed E-state index contributed by atoms with van der Waals surface area (Å²) in [5.74, 6) is 0.289.